The van der Waals surface area contributed by atoms with Crippen molar-refractivity contribution in [1.29, 1.82) is 0 Å². The first-order valence-corrected chi connectivity index (χ1v) is 10.1. The summed E-state index contributed by atoms with van der Waals surface area (Å²) in [5.41, 5.74) is 0. The van der Waals surface area contributed by atoms with Crippen LogP contribution in [0.15, 0.2) is 24.3 Å². The van der Waals surface area contributed by atoms with Crippen molar-refractivity contribution in [2.75, 3.05) is 52.5 Å². The number of ether oxygens (including phenoxy) is 2. The highest BCUT2D eigenvalue weighted by Crippen LogP contribution is 2.17. The average molecular weight is 367 g/mol. The molecule has 0 aliphatic carbocycles. The molecule has 0 aromatic heterocycles. The molecule has 2 fully saturated rings. The van der Waals surface area contributed by atoms with Gasteiger partial charge in [-0.3, -0.25) is 0 Å². The molecule has 3 rings (SSSR count). The normalized spacial score (nSPS) is 21.0. The minimum Gasteiger partial charge on any atom is -0.491 e. The van der Waals surface area contributed by atoms with Crippen LogP contribution in [0.4, 0.5) is 0 Å². The number of hydrogen-bond donors (Lipinski definition) is 4. The molecular formula is C20H34N2O4+2. The molecule has 2 aliphatic rings. The zero-order valence-corrected chi connectivity index (χ0v) is 15.7. The van der Waals surface area contributed by atoms with Crippen LogP contribution >= 0.6 is 0 Å². The fraction of sp³-hybridized carbons (Fsp3) is 0.700. The molecule has 2 atom stereocenters. The molecule has 4 N–H and O–H groups in total. The van der Waals surface area contributed by atoms with Crippen LogP contribution in [-0.2, 0) is 0 Å². The van der Waals surface area contributed by atoms with E-state index in [9.17, 15) is 10.2 Å². The van der Waals surface area contributed by atoms with E-state index in [0.29, 0.717) is 13.2 Å². The quantitative estimate of drug-likeness (QED) is 0.408. The molecule has 2 saturated heterocycles. The summed E-state index contributed by atoms with van der Waals surface area (Å²) in [5, 5.41) is 20.2. The van der Waals surface area contributed by atoms with E-state index in [-0.39, 0.29) is 0 Å². The van der Waals surface area contributed by atoms with Gasteiger partial charge in [0.15, 0.2) is 0 Å². The first-order chi connectivity index (χ1) is 12.7. The molecule has 0 spiro atoms. The predicted octanol–water partition coefficient (Wildman–Crippen LogP) is -1.48. The Bertz CT molecular complexity index is 466. The van der Waals surface area contributed by atoms with Crippen LogP contribution in [0.25, 0.3) is 0 Å². The summed E-state index contributed by atoms with van der Waals surface area (Å²) in [7, 11) is 0. The molecule has 6 heteroatoms. The lowest BCUT2D eigenvalue weighted by Gasteiger charge is -2.18. The van der Waals surface area contributed by atoms with Gasteiger partial charge in [0, 0.05) is 25.7 Å². The van der Waals surface area contributed by atoms with Crippen LogP contribution in [0, 0.1) is 0 Å². The van der Waals surface area contributed by atoms with Gasteiger partial charge in [0.05, 0.1) is 26.2 Å². The lowest BCUT2D eigenvalue weighted by molar-refractivity contribution is -0.890. The van der Waals surface area contributed by atoms with E-state index in [1.54, 1.807) is 0 Å². The van der Waals surface area contributed by atoms with Crippen LogP contribution in [0.5, 0.6) is 11.5 Å². The summed E-state index contributed by atoms with van der Waals surface area (Å²) in [6.07, 6.45) is 4.19. The van der Waals surface area contributed by atoms with Crippen LogP contribution in [0.3, 0.4) is 0 Å². The monoisotopic (exact) mass is 366 g/mol. The van der Waals surface area contributed by atoms with Gasteiger partial charge in [0.25, 0.3) is 0 Å². The van der Waals surface area contributed by atoms with Gasteiger partial charge in [-0.1, -0.05) is 0 Å². The second-order valence-electron chi connectivity index (χ2n) is 7.72. The Hall–Kier alpha value is -1.34. The number of aliphatic hydroxyl groups is 2. The van der Waals surface area contributed by atoms with E-state index < -0.39 is 12.2 Å². The van der Waals surface area contributed by atoms with Crippen molar-refractivity contribution in [3.05, 3.63) is 24.3 Å². The van der Waals surface area contributed by atoms with Crippen LogP contribution in [0.2, 0.25) is 0 Å². The molecule has 0 saturated carbocycles. The summed E-state index contributed by atoms with van der Waals surface area (Å²) in [6.45, 7) is 6.81. The Balaban J connectivity index is 1.33. The lowest BCUT2D eigenvalue weighted by Crippen LogP contribution is -3.11. The van der Waals surface area contributed by atoms with E-state index in [1.807, 2.05) is 24.3 Å². The van der Waals surface area contributed by atoms with Crippen molar-refractivity contribution in [3.63, 3.8) is 0 Å². The topological polar surface area (TPSA) is 67.8 Å². The third kappa shape index (κ3) is 6.43. The molecule has 2 aliphatic heterocycles. The van der Waals surface area contributed by atoms with Crippen molar-refractivity contribution < 1.29 is 29.5 Å². The number of aliphatic hydroxyl groups excluding tert-OH is 2. The predicted molar refractivity (Wildman–Crippen MR) is 99.0 cm³/mol. The van der Waals surface area contributed by atoms with Crippen LogP contribution in [0.1, 0.15) is 25.7 Å². The zero-order chi connectivity index (χ0) is 18.2. The fourth-order valence-corrected chi connectivity index (χ4v) is 3.96. The maximum atomic E-state index is 10.1. The summed E-state index contributed by atoms with van der Waals surface area (Å²) < 4.78 is 11.4. The molecule has 0 bridgehead atoms. The Labute approximate surface area is 156 Å². The SMILES string of the molecule is O[C@H](COc1ccc(OC[C@@H](O)C[NH+]2CCCC2)cc1)C[NH+]1CCCC1. The minimum atomic E-state index is -0.428. The highest BCUT2D eigenvalue weighted by atomic mass is 16.5. The van der Waals surface area contributed by atoms with E-state index >= 15 is 0 Å². The number of benzene rings is 1. The van der Waals surface area contributed by atoms with Crippen molar-refractivity contribution in [2.45, 2.75) is 37.9 Å². The fourth-order valence-electron chi connectivity index (χ4n) is 3.96. The highest BCUT2D eigenvalue weighted by molar-refractivity contribution is 5.31. The summed E-state index contributed by atoms with van der Waals surface area (Å²) in [4.78, 5) is 2.94. The van der Waals surface area contributed by atoms with E-state index in [4.69, 9.17) is 9.47 Å². The van der Waals surface area contributed by atoms with Crippen molar-refractivity contribution >= 4 is 0 Å². The van der Waals surface area contributed by atoms with E-state index in [2.05, 4.69) is 0 Å². The third-order valence-corrected chi connectivity index (χ3v) is 5.38. The van der Waals surface area contributed by atoms with Gasteiger partial charge in [-0.25, -0.2) is 0 Å². The number of likely N-dealkylation sites (tertiary alicyclic amines) is 2. The first-order valence-electron chi connectivity index (χ1n) is 10.1. The maximum absolute atomic E-state index is 10.1. The molecule has 2 heterocycles. The maximum Gasteiger partial charge on any atom is 0.137 e. The van der Waals surface area contributed by atoms with Gasteiger partial charge in [-0.2, -0.15) is 0 Å². The van der Waals surface area contributed by atoms with Gasteiger partial charge in [0.1, 0.15) is 50.0 Å². The second-order valence-corrected chi connectivity index (χ2v) is 7.72. The van der Waals surface area contributed by atoms with E-state index in [1.165, 1.54) is 35.5 Å². The van der Waals surface area contributed by atoms with Gasteiger partial charge in [-0.15, -0.1) is 0 Å². The average Bonchev–Trinajstić information content (AvgIpc) is 3.33. The molecule has 1 aromatic carbocycles. The molecule has 0 radical (unpaired) electrons. The van der Waals surface area contributed by atoms with Crippen LogP contribution < -0.4 is 19.3 Å². The van der Waals surface area contributed by atoms with Crippen molar-refractivity contribution in [2.24, 2.45) is 0 Å². The number of nitrogens with one attached hydrogen (secondary N) is 2. The largest absolute Gasteiger partial charge is 0.491 e. The number of hydrogen-bond acceptors (Lipinski definition) is 4. The lowest BCUT2D eigenvalue weighted by atomic mass is 10.3. The Morgan fingerprint density at radius 3 is 1.38 bits per heavy atom. The van der Waals surface area contributed by atoms with Gasteiger partial charge in [-0.05, 0) is 24.3 Å². The van der Waals surface area contributed by atoms with Crippen molar-refractivity contribution in [1.82, 2.24) is 0 Å². The molecule has 0 amide bonds. The smallest absolute Gasteiger partial charge is 0.137 e. The number of quaternary nitrogens is 2. The van der Waals surface area contributed by atoms with Gasteiger partial charge >= 0.3 is 0 Å². The van der Waals surface area contributed by atoms with E-state index in [0.717, 1.165) is 50.8 Å². The standard InChI is InChI=1S/C20H32N2O4/c23-17(13-21-9-1-2-10-21)15-25-19-5-7-20(8-6-19)26-16-18(24)14-22-11-3-4-12-22/h5-8,17-18,23-24H,1-4,9-16H2/p+2/t17-,18-/m0/s1. The highest BCUT2D eigenvalue weighted by Gasteiger charge is 2.20. The molecule has 0 unspecified atom stereocenters. The Kier molecular flexibility index (Phi) is 7.55. The molecule has 26 heavy (non-hydrogen) atoms. The van der Waals surface area contributed by atoms with Crippen molar-refractivity contribution in [3.8, 4) is 11.5 Å². The summed E-state index contributed by atoms with van der Waals surface area (Å²) >= 11 is 0. The van der Waals surface area contributed by atoms with Crippen LogP contribution in [-0.4, -0.2) is 74.9 Å². The second kappa shape index (κ2) is 10.1. The molecule has 146 valence electrons. The number of rotatable bonds is 10. The van der Waals surface area contributed by atoms with Gasteiger partial charge < -0.3 is 29.5 Å². The Morgan fingerprint density at radius 1 is 0.692 bits per heavy atom. The zero-order valence-electron chi connectivity index (χ0n) is 15.7. The molecular weight excluding hydrogens is 332 g/mol. The molecule has 1 aromatic rings. The summed E-state index contributed by atoms with van der Waals surface area (Å²) in [6, 6.07) is 7.40. The first kappa shape index (κ1) is 19.4. The molecule has 6 nitrogen and oxygen atoms in total. The third-order valence-electron chi connectivity index (χ3n) is 5.38. The van der Waals surface area contributed by atoms with Gasteiger partial charge in [0.2, 0.25) is 0 Å². The minimum absolute atomic E-state index is 0.320. The Morgan fingerprint density at radius 2 is 1.04 bits per heavy atom. The summed E-state index contributed by atoms with van der Waals surface area (Å²) in [5.74, 6) is 1.46.